The molecule has 318 valence electrons. The number of ether oxygens (including phenoxy) is 4. The number of carbonyl (C=O) groups is 4. The van der Waals surface area contributed by atoms with Crippen molar-refractivity contribution in [2.24, 2.45) is 57.0 Å². The van der Waals surface area contributed by atoms with Crippen molar-refractivity contribution in [1.29, 1.82) is 5.53 Å². The van der Waals surface area contributed by atoms with E-state index in [-0.39, 0.29) is 110 Å². The number of nitrogens with one attached hydrogen (secondary N) is 1. The molecule has 10 atom stereocenters. The van der Waals surface area contributed by atoms with Gasteiger partial charge in [0.05, 0.1) is 32.4 Å². The SMILES string of the molecule is CCCCCCCCCCOC(=O)CCC(C)C1CC[C@H]2C3=C[C@H](OC(=O)CCN)CC4C[C@H](OC(=O)CCN)CC[C@]4(C)[C@H]3C[C@H](OC(=O)CCN=N)[C@]12C. The zero-order chi connectivity index (χ0) is 40.7. The summed E-state index contributed by atoms with van der Waals surface area (Å²) >= 11 is 0. The molecule has 3 unspecified atom stereocenters. The average Bonchev–Trinajstić information content (AvgIpc) is 3.47. The van der Waals surface area contributed by atoms with Crippen molar-refractivity contribution >= 4 is 23.9 Å². The molecule has 0 spiro atoms. The predicted molar refractivity (Wildman–Crippen MR) is 214 cm³/mol. The first-order chi connectivity index (χ1) is 26.9. The van der Waals surface area contributed by atoms with Gasteiger partial charge in [-0.15, -0.1) is 0 Å². The highest BCUT2D eigenvalue weighted by Gasteiger charge is 2.63. The fourth-order valence-electron chi connectivity index (χ4n) is 11.1. The van der Waals surface area contributed by atoms with Crippen LogP contribution in [0.4, 0.5) is 0 Å². The number of fused-ring (bicyclic) bond motifs is 5. The minimum absolute atomic E-state index is 0.0495. The van der Waals surface area contributed by atoms with Crippen LogP contribution in [-0.4, -0.2) is 68.4 Å². The molecule has 0 aromatic heterocycles. The van der Waals surface area contributed by atoms with Gasteiger partial charge in [0.1, 0.15) is 18.3 Å². The molecule has 5 N–H and O–H groups in total. The lowest BCUT2D eigenvalue weighted by molar-refractivity contribution is -0.170. The first-order valence-electron chi connectivity index (χ1n) is 22.1. The van der Waals surface area contributed by atoms with Gasteiger partial charge in [-0.05, 0) is 98.9 Å². The van der Waals surface area contributed by atoms with E-state index in [1.54, 1.807) is 0 Å². The first kappa shape index (κ1) is 45.8. The van der Waals surface area contributed by atoms with E-state index in [0.717, 1.165) is 38.5 Å². The van der Waals surface area contributed by atoms with Gasteiger partial charge in [0.25, 0.3) is 0 Å². The Kier molecular flexibility index (Phi) is 18.3. The monoisotopic (exact) mass is 787 g/mol. The van der Waals surface area contributed by atoms with Crippen LogP contribution in [0.3, 0.4) is 0 Å². The Morgan fingerprint density at radius 2 is 1.46 bits per heavy atom. The Morgan fingerprint density at radius 3 is 2.14 bits per heavy atom. The Labute approximate surface area is 336 Å². The van der Waals surface area contributed by atoms with Gasteiger partial charge in [0, 0.05) is 24.9 Å². The topological polar surface area (TPSA) is 193 Å². The molecule has 0 aromatic carbocycles. The Hall–Kier alpha value is -2.86. The van der Waals surface area contributed by atoms with Crippen molar-refractivity contribution in [2.45, 2.75) is 174 Å². The molecule has 0 aliphatic heterocycles. The number of hydrogen-bond acceptors (Lipinski definition) is 12. The summed E-state index contributed by atoms with van der Waals surface area (Å²) in [4.78, 5) is 51.8. The second kappa shape index (κ2) is 22.3. The molecular weight excluding hydrogens is 713 g/mol. The third-order valence-electron chi connectivity index (χ3n) is 14.2. The maximum atomic E-state index is 13.4. The average molecular weight is 787 g/mol. The summed E-state index contributed by atoms with van der Waals surface area (Å²) in [5, 5.41) is 3.42. The number of allylic oxidation sites excluding steroid dienone is 1. The second-order valence-corrected chi connectivity index (χ2v) is 17.8. The van der Waals surface area contributed by atoms with E-state index in [2.05, 4.69) is 38.9 Å². The van der Waals surface area contributed by atoms with E-state index in [1.807, 2.05) is 0 Å². The molecule has 4 aliphatic rings. The fraction of sp³-hybridized carbons (Fsp3) is 0.864. The van der Waals surface area contributed by atoms with Crippen molar-refractivity contribution in [3.05, 3.63) is 11.6 Å². The van der Waals surface area contributed by atoms with Crippen molar-refractivity contribution in [3.63, 3.8) is 0 Å². The van der Waals surface area contributed by atoms with Crippen LogP contribution in [-0.2, 0) is 38.1 Å². The maximum Gasteiger partial charge on any atom is 0.308 e. The molecular formula is C44H74N4O8. The zero-order valence-electron chi connectivity index (χ0n) is 35.0. The van der Waals surface area contributed by atoms with E-state index >= 15 is 0 Å². The highest BCUT2D eigenvalue weighted by molar-refractivity contribution is 5.71. The first-order valence-corrected chi connectivity index (χ1v) is 22.1. The Balaban J connectivity index is 1.54. The van der Waals surface area contributed by atoms with Gasteiger partial charge in [-0.1, -0.05) is 78.2 Å². The lowest BCUT2D eigenvalue weighted by atomic mass is 9.49. The van der Waals surface area contributed by atoms with Gasteiger partial charge in [-0.25, -0.2) is 5.53 Å². The Bertz CT molecular complexity index is 1340. The van der Waals surface area contributed by atoms with Crippen LogP contribution in [0.15, 0.2) is 16.8 Å². The van der Waals surface area contributed by atoms with Gasteiger partial charge in [-0.2, -0.15) is 5.11 Å². The summed E-state index contributed by atoms with van der Waals surface area (Å²) in [6.45, 7) is 10.0. The molecule has 0 aromatic rings. The summed E-state index contributed by atoms with van der Waals surface area (Å²) in [5.41, 5.74) is 19.3. The molecule has 56 heavy (non-hydrogen) atoms. The van der Waals surface area contributed by atoms with E-state index in [4.69, 9.17) is 35.9 Å². The van der Waals surface area contributed by atoms with Crippen LogP contribution in [0.2, 0.25) is 0 Å². The highest BCUT2D eigenvalue weighted by Crippen LogP contribution is 2.67. The molecule has 3 saturated carbocycles. The standard InChI is InChI=1S/C44H74N4O8/c1-5-6-7-8-9-10-11-12-25-53-39(49)16-13-30(2)35-14-15-36-34-28-33(55-41(51)19-23-46)27-31-26-32(54-40(50)18-22-45)17-21-43(31,3)37(34)29-38(44(35,36)4)56-42(52)20-24-48-47/h28,30-33,35-38,47H,5-27,29,45-46H2,1-4H3/t30?,31?,32-,33-,35?,36+,37+,38+,43+,44-/m1/s1. The van der Waals surface area contributed by atoms with Crippen LogP contribution in [0.5, 0.6) is 0 Å². The van der Waals surface area contributed by atoms with Gasteiger partial charge in [0.15, 0.2) is 0 Å². The minimum Gasteiger partial charge on any atom is -0.466 e. The summed E-state index contributed by atoms with van der Waals surface area (Å²) < 4.78 is 24.2. The summed E-state index contributed by atoms with van der Waals surface area (Å²) in [7, 11) is 0. The molecule has 0 amide bonds. The van der Waals surface area contributed by atoms with Crippen LogP contribution in [0, 0.1) is 46.0 Å². The number of unbranched alkanes of at least 4 members (excludes halogenated alkanes) is 7. The number of carbonyl (C=O) groups excluding carboxylic acids is 4. The number of nitrogens with two attached hydrogens (primary N) is 2. The minimum atomic E-state index is -0.453. The van der Waals surface area contributed by atoms with Crippen molar-refractivity contribution in [1.82, 2.24) is 0 Å². The van der Waals surface area contributed by atoms with Gasteiger partial charge < -0.3 is 30.4 Å². The molecule has 0 radical (unpaired) electrons. The van der Waals surface area contributed by atoms with Crippen LogP contribution >= 0.6 is 0 Å². The maximum absolute atomic E-state index is 13.4. The summed E-state index contributed by atoms with van der Waals surface area (Å²) in [5.74, 6) is -0.545. The van der Waals surface area contributed by atoms with Gasteiger partial charge >= 0.3 is 23.9 Å². The molecule has 0 bridgehead atoms. The van der Waals surface area contributed by atoms with Crippen LogP contribution < -0.4 is 11.5 Å². The number of nitrogens with zero attached hydrogens (tertiary/aromatic N) is 1. The summed E-state index contributed by atoms with van der Waals surface area (Å²) in [6.07, 6.45) is 17.3. The second-order valence-electron chi connectivity index (χ2n) is 17.8. The van der Waals surface area contributed by atoms with E-state index < -0.39 is 11.5 Å². The van der Waals surface area contributed by atoms with Gasteiger partial charge in [0.2, 0.25) is 0 Å². The number of esters is 4. The van der Waals surface area contributed by atoms with E-state index in [0.29, 0.717) is 38.7 Å². The number of rotatable bonds is 23. The zero-order valence-corrected chi connectivity index (χ0v) is 35.0. The molecule has 0 heterocycles. The molecule has 12 heteroatoms. The Morgan fingerprint density at radius 1 is 0.804 bits per heavy atom. The van der Waals surface area contributed by atoms with Crippen molar-refractivity contribution < 1.29 is 38.1 Å². The molecule has 0 saturated heterocycles. The molecule has 12 nitrogen and oxygen atoms in total. The third-order valence-corrected chi connectivity index (χ3v) is 14.2. The lowest BCUT2D eigenvalue weighted by Gasteiger charge is -2.57. The van der Waals surface area contributed by atoms with Crippen LogP contribution in [0.1, 0.15) is 156 Å². The molecule has 3 fully saturated rings. The molecule has 4 aliphatic carbocycles. The van der Waals surface area contributed by atoms with Crippen LogP contribution in [0.25, 0.3) is 0 Å². The third kappa shape index (κ3) is 11.9. The largest absolute Gasteiger partial charge is 0.466 e. The van der Waals surface area contributed by atoms with Crippen molar-refractivity contribution in [3.8, 4) is 0 Å². The number of hydrogen-bond donors (Lipinski definition) is 3. The smallest absolute Gasteiger partial charge is 0.308 e. The highest BCUT2D eigenvalue weighted by atomic mass is 16.6. The van der Waals surface area contributed by atoms with Gasteiger partial charge in [-0.3, -0.25) is 19.2 Å². The lowest BCUT2D eigenvalue weighted by Crippen LogP contribution is -2.54. The van der Waals surface area contributed by atoms with E-state index in [1.165, 1.54) is 44.1 Å². The van der Waals surface area contributed by atoms with Crippen molar-refractivity contribution in [2.75, 3.05) is 26.2 Å². The fourth-order valence-corrected chi connectivity index (χ4v) is 11.1. The normalized spacial score (nSPS) is 31.4. The quantitative estimate of drug-likeness (QED) is 0.0299. The predicted octanol–water partition coefficient (Wildman–Crippen LogP) is 8.13. The molecule has 4 rings (SSSR count). The van der Waals surface area contributed by atoms with E-state index in [9.17, 15) is 19.2 Å². The summed E-state index contributed by atoms with van der Waals surface area (Å²) in [6, 6.07) is 0.